The van der Waals surface area contributed by atoms with Gasteiger partial charge in [-0.2, -0.15) is 0 Å². The largest absolute Gasteiger partial charge is 0.504 e. The van der Waals surface area contributed by atoms with Crippen molar-refractivity contribution in [2.45, 2.75) is 160 Å². The van der Waals surface area contributed by atoms with E-state index in [1.807, 2.05) is 20.0 Å². The number of hydrogen-bond acceptors (Lipinski definition) is 8. The zero-order valence-corrected chi connectivity index (χ0v) is 29.5. The molecule has 4 rings (SSSR count). The Morgan fingerprint density at radius 3 is 2.32 bits per heavy atom. The zero-order chi connectivity index (χ0) is 34.0. The summed E-state index contributed by atoms with van der Waals surface area (Å²) >= 11 is 0. The lowest BCUT2D eigenvalue weighted by molar-refractivity contribution is -0.167. The molecule has 8 heteroatoms. The third kappa shape index (κ3) is 8.25. The van der Waals surface area contributed by atoms with E-state index in [9.17, 15) is 19.8 Å². The van der Waals surface area contributed by atoms with Crippen molar-refractivity contribution in [1.82, 2.24) is 4.90 Å². The Labute approximate surface area is 282 Å². The number of benzene rings is 1. The normalized spacial score (nSPS) is 25.0. The highest BCUT2D eigenvalue weighted by Gasteiger charge is 2.68. The average molecular weight is 654 g/mol. The summed E-state index contributed by atoms with van der Waals surface area (Å²) in [4.78, 5) is 27.8. The molecule has 1 aromatic carbocycles. The van der Waals surface area contributed by atoms with E-state index in [-0.39, 0.29) is 30.4 Å². The number of aromatic hydroxyl groups is 1. The molecule has 0 spiro atoms. The summed E-state index contributed by atoms with van der Waals surface area (Å²) in [6.45, 7) is 8.50. The second-order valence-corrected chi connectivity index (χ2v) is 14.1. The molecule has 0 unspecified atom stereocenters. The van der Waals surface area contributed by atoms with E-state index in [1.165, 1.54) is 58.3 Å². The Kier molecular flexibility index (Phi) is 13.4. The molecule has 262 valence electrons. The van der Waals surface area contributed by atoms with E-state index in [0.29, 0.717) is 12.2 Å². The predicted octanol–water partition coefficient (Wildman–Crippen LogP) is 7.82. The third-order valence-electron chi connectivity index (χ3n) is 10.8. The highest BCUT2D eigenvalue weighted by atomic mass is 16.6. The van der Waals surface area contributed by atoms with Crippen molar-refractivity contribution >= 4 is 11.9 Å². The van der Waals surface area contributed by atoms with Gasteiger partial charge in [0.2, 0.25) is 0 Å². The van der Waals surface area contributed by atoms with Crippen molar-refractivity contribution in [2.75, 3.05) is 13.6 Å². The number of unbranched alkanes of at least 4 members (excludes halogenated alkanes) is 11. The van der Waals surface area contributed by atoms with E-state index < -0.39 is 35.2 Å². The van der Waals surface area contributed by atoms with Gasteiger partial charge in [-0.05, 0) is 83.7 Å². The van der Waals surface area contributed by atoms with Crippen LogP contribution in [0.5, 0.6) is 11.5 Å². The van der Waals surface area contributed by atoms with Gasteiger partial charge in [-0.25, -0.2) is 4.79 Å². The molecule has 1 aliphatic heterocycles. The van der Waals surface area contributed by atoms with Gasteiger partial charge in [0, 0.05) is 24.4 Å². The standard InChI is InChI=1S/C39H59NO7/c1-6-8-9-10-11-12-13-14-15-16-17-18-19-20-21-22-33(42)45-28(3)37(43)46-31-25-26-39(44)32(40(5)7-2)27-29-23-24-30(41)35-34(29)38(39,4)36(31)47-35/h14-15,23-25,28,32,36,41,44H,6-13,16-22,26-27H2,1-5H3/b15-14-/t28-,32+,36-,38-,39+/m0/s1. The molecule has 0 bridgehead atoms. The topological polar surface area (TPSA) is 106 Å². The van der Waals surface area contributed by atoms with Crippen LogP contribution in [0.1, 0.15) is 135 Å². The van der Waals surface area contributed by atoms with Crippen LogP contribution in [0.2, 0.25) is 0 Å². The number of allylic oxidation sites excluding steroid dienone is 2. The van der Waals surface area contributed by atoms with Crippen molar-refractivity contribution in [2.24, 2.45) is 0 Å². The lowest BCUT2D eigenvalue weighted by Gasteiger charge is -2.56. The third-order valence-corrected chi connectivity index (χ3v) is 10.8. The van der Waals surface area contributed by atoms with Crippen molar-refractivity contribution < 1.29 is 34.0 Å². The number of aliphatic hydroxyl groups is 1. The van der Waals surface area contributed by atoms with Gasteiger partial charge in [-0.15, -0.1) is 0 Å². The van der Waals surface area contributed by atoms with E-state index >= 15 is 0 Å². The summed E-state index contributed by atoms with van der Waals surface area (Å²) in [5, 5.41) is 23.0. The maximum absolute atomic E-state index is 13.1. The van der Waals surface area contributed by atoms with Crippen LogP contribution < -0.4 is 4.74 Å². The van der Waals surface area contributed by atoms with Crippen molar-refractivity contribution in [3.63, 3.8) is 0 Å². The highest BCUT2D eigenvalue weighted by Crippen LogP contribution is 2.62. The summed E-state index contributed by atoms with van der Waals surface area (Å²) < 4.78 is 17.5. The van der Waals surface area contributed by atoms with Gasteiger partial charge in [-0.3, -0.25) is 4.79 Å². The number of nitrogens with zero attached hydrogens (tertiary/aromatic N) is 1. The first-order valence-electron chi connectivity index (χ1n) is 18.3. The minimum atomic E-state index is -1.22. The van der Waals surface area contributed by atoms with Crippen molar-refractivity contribution in [3.8, 4) is 11.5 Å². The molecule has 0 radical (unpaired) electrons. The van der Waals surface area contributed by atoms with Crippen LogP contribution >= 0.6 is 0 Å². The number of hydrogen-bond donors (Lipinski definition) is 2. The number of phenols is 1. The Hall–Kier alpha value is -2.84. The molecule has 1 aromatic rings. The summed E-state index contributed by atoms with van der Waals surface area (Å²) in [6, 6.07) is 3.31. The Morgan fingerprint density at radius 1 is 1.02 bits per heavy atom. The molecule has 0 saturated carbocycles. The summed E-state index contributed by atoms with van der Waals surface area (Å²) in [5.74, 6) is -0.515. The zero-order valence-electron chi connectivity index (χ0n) is 29.5. The van der Waals surface area contributed by atoms with Gasteiger partial charge < -0.3 is 29.3 Å². The number of likely N-dealkylation sites (N-methyl/N-ethyl adjacent to an activating group) is 1. The number of esters is 2. The molecule has 0 fully saturated rings. The minimum Gasteiger partial charge on any atom is -0.504 e. The van der Waals surface area contributed by atoms with Crippen LogP contribution in [-0.2, 0) is 30.9 Å². The number of rotatable bonds is 20. The molecule has 8 nitrogen and oxygen atoms in total. The van der Waals surface area contributed by atoms with Crippen molar-refractivity contribution in [3.05, 3.63) is 47.2 Å². The fourth-order valence-electron chi connectivity index (χ4n) is 7.74. The first-order valence-corrected chi connectivity index (χ1v) is 18.3. The fraction of sp³-hybridized carbons (Fsp3) is 0.692. The fourth-order valence-corrected chi connectivity index (χ4v) is 7.74. The Bertz CT molecular complexity index is 1270. The number of phenolic OH excluding ortho intramolecular Hbond substituents is 1. The average Bonchev–Trinajstić information content (AvgIpc) is 3.39. The molecule has 0 saturated heterocycles. The molecular weight excluding hydrogens is 594 g/mol. The van der Waals surface area contributed by atoms with Crippen LogP contribution in [0.3, 0.4) is 0 Å². The van der Waals surface area contributed by atoms with Crippen LogP contribution in [0, 0.1) is 0 Å². The molecule has 0 aromatic heterocycles. The maximum Gasteiger partial charge on any atom is 0.352 e. The lowest BCUT2D eigenvalue weighted by atomic mass is 9.54. The summed E-state index contributed by atoms with van der Waals surface area (Å²) in [5.41, 5.74) is -0.404. The molecular formula is C39H59NO7. The summed E-state index contributed by atoms with van der Waals surface area (Å²) in [6.07, 6.45) is 20.9. The van der Waals surface area contributed by atoms with E-state index in [1.54, 1.807) is 12.1 Å². The first-order chi connectivity index (χ1) is 22.6. The summed E-state index contributed by atoms with van der Waals surface area (Å²) in [7, 11) is 2.00. The smallest absolute Gasteiger partial charge is 0.352 e. The van der Waals surface area contributed by atoms with Crippen LogP contribution in [0.15, 0.2) is 36.1 Å². The highest BCUT2D eigenvalue weighted by molar-refractivity contribution is 5.80. The van der Waals surface area contributed by atoms with Crippen molar-refractivity contribution in [1.29, 1.82) is 0 Å². The maximum atomic E-state index is 13.1. The molecule has 3 aliphatic rings. The Morgan fingerprint density at radius 2 is 1.66 bits per heavy atom. The number of ether oxygens (including phenoxy) is 3. The lowest BCUT2D eigenvalue weighted by Crippen LogP contribution is -2.69. The molecule has 1 heterocycles. The molecule has 0 amide bonds. The molecule has 47 heavy (non-hydrogen) atoms. The van der Waals surface area contributed by atoms with E-state index in [0.717, 1.165) is 49.8 Å². The second-order valence-electron chi connectivity index (χ2n) is 14.1. The monoisotopic (exact) mass is 653 g/mol. The second kappa shape index (κ2) is 17.0. The van der Waals surface area contributed by atoms with Gasteiger partial charge in [0.05, 0.1) is 11.0 Å². The van der Waals surface area contributed by atoms with Gasteiger partial charge in [-0.1, -0.05) is 83.4 Å². The number of carbonyl (C=O) groups excluding carboxylic acids is 2. The van der Waals surface area contributed by atoms with Gasteiger partial charge in [0.15, 0.2) is 23.7 Å². The first kappa shape index (κ1) is 37.0. The molecule has 5 atom stereocenters. The Balaban J connectivity index is 1.20. The van der Waals surface area contributed by atoms with Gasteiger partial charge in [0.1, 0.15) is 5.76 Å². The number of carbonyl (C=O) groups is 2. The van der Waals surface area contributed by atoms with Gasteiger partial charge >= 0.3 is 11.9 Å². The van der Waals surface area contributed by atoms with Crippen LogP contribution in [-0.4, -0.2) is 64.5 Å². The molecule has 2 aliphatic carbocycles. The van der Waals surface area contributed by atoms with E-state index in [2.05, 4.69) is 30.9 Å². The SMILES string of the molecule is CCCCCCCC/C=C\CCCCCCCC(=O)O[C@@H](C)C(=O)OC1=CC[C@@]2(O)[C@H](N(C)CC)Cc3ccc(O)c4c3[C@@]2(C)[C@H]1O4. The van der Waals surface area contributed by atoms with Gasteiger partial charge in [0.25, 0.3) is 0 Å². The van der Waals surface area contributed by atoms with E-state index in [4.69, 9.17) is 14.2 Å². The van der Waals surface area contributed by atoms with Crippen LogP contribution in [0.25, 0.3) is 0 Å². The molecule has 2 N–H and O–H groups in total. The minimum absolute atomic E-state index is 0.00682. The quantitative estimate of drug-likeness (QED) is 0.0834. The van der Waals surface area contributed by atoms with Crippen LogP contribution in [0.4, 0.5) is 0 Å². The predicted molar refractivity (Wildman–Crippen MR) is 184 cm³/mol.